The summed E-state index contributed by atoms with van der Waals surface area (Å²) in [6.45, 7) is 4.86. The van der Waals surface area contributed by atoms with Crippen LogP contribution in [0.4, 0.5) is 0 Å². The normalized spacial score (nSPS) is 16.4. The molecule has 1 aromatic rings. The van der Waals surface area contributed by atoms with Gasteiger partial charge in [-0.2, -0.15) is 0 Å². The van der Waals surface area contributed by atoms with Crippen molar-refractivity contribution in [1.29, 1.82) is 0 Å². The first-order valence-corrected chi connectivity index (χ1v) is 7.48. The van der Waals surface area contributed by atoms with Gasteiger partial charge in [0.15, 0.2) is 0 Å². The highest BCUT2D eigenvalue weighted by Crippen LogP contribution is 2.26. The Labute approximate surface area is 120 Å². The van der Waals surface area contributed by atoms with E-state index in [1.807, 2.05) is 12.1 Å². The Morgan fingerprint density at radius 1 is 1.32 bits per heavy atom. The van der Waals surface area contributed by atoms with Gasteiger partial charge in [-0.3, -0.25) is 4.79 Å². The molecule has 0 saturated heterocycles. The molecule has 104 valence electrons. The highest BCUT2D eigenvalue weighted by Gasteiger charge is 2.27. The second-order valence-electron chi connectivity index (χ2n) is 5.85. The molecule has 0 aliphatic heterocycles. The van der Waals surface area contributed by atoms with Crippen LogP contribution in [0.2, 0.25) is 0 Å². The lowest BCUT2D eigenvalue weighted by Crippen LogP contribution is -2.35. The van der Waals surface area contributed by atoms with Gasteiger partial charge in [-0.15, -0.1) is 11.6 Å². The van der Waals surface area contributed by atoms with Gasteiger partial charge in [0.2, 0.25) is 5.91 Å². The predicted octanol–water partition coefficient (Wildman–Crippen LogP) is 3.17. The summed E-state index contributed by atoms with van der Waals surface area (Å²) in [6.07, 6.45) is 2.66. The van der Waals surface area contributed by atoms with Gasteiger partial charge >= 0.3 is 0 Å². The highest BCUT2D eigenvalue weighted by atomic mass is 35.5. The van der Waals surface area contributed by atoms with Crippen LogP contribution in [0.1, 0.15) is 31.4 Å². The maximum Gasteiger partial charge on any atom is 0.223 e. The topological polar surface area (TPSA) is 29.1 Å². The fraction of sp³-hybridized carbons (Fsp3) is 0.562. The zero-order valence-electron chi connectivity index (χ0n) is 11.7. The lowest BCUT2D eigenvalue weighted by Gasteiger charge is -2.15. The molecule has 1 aromatic carbocycles. The third-order valence-electron chi connectivity index (χ3n) is 3.65. The fourth-order valence-corrected chi connectivity index (χ4v) is 3.13. The van der Waals surface area contributed by atoms with Crippen LogP contribution < -0.4 is 5.32 Å². The van der Waals surface area contributed by atoms with Crippen LogP contribution in [-0.4, -0.2) is 17.8 Å². The maximum absolute atomic E-state index is 12.1. The lowest BCUT2D eigenvalue weighted by atomic mass is 10.0. The van der Waals surface area contributed by atoms with Gasteiger partial charge < -0.3 is 5.32 Å². The van der Waals surface area contributed by atoms with Crippen molar-refractivity contribution in [1.82, 2.24) is 5.32 Å². The van der Waals surface area contributed by atoms with Crippen molar-refractivity contribution in [2.75, 3.05) is 6.54 Å². The summed E-state index contributed by atoms with van der Waals surface area (Å²) in [5.74, 6) is 0.793. The average Bonchev–Trinajstić information content (AvgIpc) is 2.78. The maximum atomic E-state index is 12.1. The zero-order chi connectivity index (χ0) is 13.8. The number of amides is 1. The minimum absolute atomic E-state index is 0.0349. The first-order chi connectivity index (χ1) is 9.06. The van der Waals surface area contributed by atoms with Gasteiger partial charge in [-0.1, -0.05) is 38.1 Å². The largest absolute Gasteiger partial charge is 0.354 e. The Balaban J connectivity index is 1.80. The molecule has 0 radical (unpaired) electrons. The molecule has 19 heavy (non-hydrogen) atoms. The van der Waals surface area contributed by atoms with E-state index in [-0.39, 0.29) is 17.2 Å². The minimum atomic E-state index is 0.0349. The molecule has 2 nitrogen and oxygen atoms in total. The summed E-state index contributed by atoms with van der Waals surface area (Å²) in [4.78, 5) is 12.1. The zero-order valence-corrected chi connectivity index (χ0v) is 12.4. The molecule has 1 N–H and O–H groups in total. The molecular weight excluding hydrogens is 258 g/mol. The highest BCUT2D eigenvalue weighted by molar-refractivity contribution is 6.20. The van der Waals surface area contributed by atoms with E-state index in [1.54, 1.807) is 0 Å². The molecule has 0 spiro atoms. The Kier molecular flexibility index (Phi) is 4.87. The summed E-state index contributed by atoms with van der Waals surface area (Å²) in [5, 5.41) is 3.03. The molecule has 1 aliphatic rings. The molecular formula is C16H22ClNO. The summed E-state index contributed by atoms with van der Waals surface area (Å²) in [7, 11) is 0. The number of carbonyl (C=O) groups excluding carboxylic acids is 1. The molecule has 2 rings (SSSR count). The standard InChI is InChI=1S/C16H22ClNO/c1-11(2)7-15(17)10-18-16(19)14-8-12-5-3-4-6-13(12)9-14/h3-6,11,14-15H,7-10H2,1-2H3,(H,18,19). The van der Waals surface area contributed by atoms with E-state index in [1.165, 1.54) is 11.1 Å². The predicted molar refractivity (Wildman–Crippen MR) is 79.4 cm³/mol. The van der Waals surface area contributed by atoms with Crippen molar-refractivity contribution in [3.63, 3.8) is 0 Å². The lowest BCUT2D eigenvalue weighted by molar-refractivity contribution is -0.124. The molecule has 1 aliphatic carbocycles. The van der Waals surface area contributed by atoms with E-state index in [0.717, 1.165) is 19.3 Å². The molecule has 0 aromatic heterocycles. The number of rotatable bonds is 5. The Hall–Kier alpha value is -1.02. The van der Waals surface area contributed by atoms with Crippen molar-refractivity contribution in [2.45, 2.75) is 38.5 Å². The first-order valence-electron chi connectivity index (χ1n) is 7.04. The number of alkyl halides is 1. The number of carbonyl (C=O) groups is 1. The smallest absolute Gasteiger partial charge is 0.223 e. The molecule has 1 atom stereocenters. The number of benzene rings is 1. The van der Waals surface area contributed by atoms with Crippen molar-refractivity contribution in [2.24, 2.45) is 11.8 Å². The number of hydrogen-bond acceptors (Lipinski definition) is 1. The molecule has 1 unspecified atom stereocenters. The second-order valence-corrected chi connectivity index (χ2v) is 6.46. The number of fused-ring (bicyclic) bond motifs is 1. The number of nitrogens with one attached hydrogen (secondary N) is 1. The Morgan fingerprint density at radius 2 is 1.89 bits per heavy atom. The van der Waals surface area contributed by atoms with E-state index in [0.29, 0.717) is 12.5 Å². The number of halogens is 1. The summed E-state index contributed by atoms with van der Waals surface area (Å²) in [6, 6.07) is 8.31. The van der Waals surface area contributed by atoms with Gasteiger partial charge in [0, 0.05) is 12.5 Å². The van der Waals surface area contributed by atoms with Crippen molar-refractivity contribution >= 4 is 17.5 Å². The third-order valence-corrected chi connectivity index (χ3v) is 3.98. The van der Waals surface area contributed by atoms with E-state index in [2.05, 4.69) is 31.3 Å². The van der Waals surface area contributed by atoms with Gasteiger partial charge in [0.1, 0.15) is 0 Å². The van der Waals surface area contributed by atoms with Gasteiger partial charge in [-0.05, 0) is 36.3 Å². The van der Waals surface area contributed by atoms with Gasteiger partial charge in [-0.25, -0.2) is 0 Å². The van der Waals surface area contributed by atoms with Gasteiger partial charge in [0.05, 0.1) is 5.38 Å². The quantitative estimate of drug-likeness (QED) is 0.824. The van der Waals surface area contributed by atoms with Gasteiger partial charge in [0.25, 0.3) is 0 Å². The molecule has 0 heterocycles. The summed E-state index contributed by atoms with van der Waals surface area (Å²) in [5.41, 5.74) is 2.62. The van der Waals surface area contributed by atoms with Crippen molar-refractivity contribution in [3.05, 3.63) is 35.4 Å². The van der Waals surface area contributed by atoms with Crippen LogP contribution in [0, 0.1) is 11.8 Å². The van der Waals surface area contributed by atoms with Crippen LogP contribution >= 0.6 is 11.6 Å². The Bertz CT molecular complexity index is 419. The van der Waals surface area contributed by atoms with Crippen LogP contribution in [0.25, 0.3) is 0 Å². The molecule has 3 heteroatoms. The van der Waals surface area contributed by atoms with E-state index < -0.39 is 0 Å². The monoisotopic (exact) mass is 279 g/mol. The van der Waals surface area contributed by atoms with E-state index in [4.69, 9.17) is 11.6 Å². The molecule has 1 amide bonds. The minimum Gasteiger partial charge on any atom is -0.354 e. The number of hydrogen-bond donors (Lipinski definition) is 1. The van der Waals surface area contributed by atoms with E-state index in [9.17, 15) is 4.79 Å². The molecule has 0 bridgehead atoms. The first kappa shape index (κ1) is 14.4. The van der Waals surface area contributed by atoms with Crippen molar-refractivity contribution < 1.29 is 4.79 Å². The van der Waals surface area contributed by atoms with Crippen LogP contribution in [0.5, 0.6) is 0 Å². The molecule has 0 fully saturated rings. The van der Waals surface area contributed by atoms with Crippen LogP contribution in [-0.2, 0) is 17.6 Å². The van der Waals surface area contributed by atoms with Crippen LogP contribution in [0.3, 0.4) is 0 Å². The average molecular weight is 280 g/mol. The third kappa shape index (κ3) is 3.97. The summed E-state index contributed by atoms with van der Waals surface area (Å²) < 4.78 is 0. The van der Waals surface area contributed by atoms with Crippen LogP contribution in [0.15, 0.2) is 24.3 Å². The van der Waals surface area contributed by atoms with Crippen molar-refractivity contribution in [3.8, 4) is 0 Å². The second kappa shape index (κ2) is 6.42. The molecule has 0 saturated carbocycles. The Morgan fingerprint density at radius 3 is 2.42 bits per heavy atom. The summed E-state index contributed by atoms with van der Waals surface area (Å²) >= 11 is 6.20. The SMILES string of the molecule is CC(C)CC(Cl)CNC(=O)C1Cc2ccccc2C1. The van der Waals surface area contributed by atoms with E-state index >= 15 is 0 Å². The fourth-order valence-electron chi connectivity index (χ4n) is 2.69.